The zero-order chi connectivity index (χ0) is 26.4. The van der Waals surface area contributed by atoms with Crippen molar-refractivity contribution < 1.29 is 27.1 Å². The summed E-state index contributed by atoms with van der Waals surface area (Å²) in [6.45, 7) is 0.0120. The summed E-state index contributed by atoms with van der Waals surface area (Å²) in [6.07, 6.45) is -2.80. The average Bonchev–Trinajstić information content (AvgIpc) is 3.28. The number of benzene rings is 2. The second-order valence-electron chi connectivity index (χ2n) is 7.66. The number of rotatable bonds is 10. The maximum atomic E-state index is 13.2. The molecule has 0 aliphatic rings. The van der Waals surface area contributed by atoms with Crippen LogP contribution in [0.15, 0.2) is 66.9 Å². The van der Waals surface area contributed by atoms with Crippen LogP contribution in [0.4, 0.5) is 34.9 Å². The van der Waals surface area contributed by atoms with Gasteiger partial charge in [0.2, 0.25) is 0 Å². The monoisotopic (exact) mass is 532 g/mol. The molecule has 13 heteroatoms. The van der Waals surface area contributed by atoms with Crippen molar-refractivity contribution in [3.8, 4) is 17.0 Å². The van der Waals surface area contributed by atoms with Crippen LogP contribution in [0.25, 0.3) is 11.3 Å². The van der Waals surface area contributed by atoms with E-state index < -0.39 is 23.7 Å². The van der Waals surface area contributed by atoms with Gasteiger partial charge in [0, 0.05) is 11.8 Å². The highest BCUT2D eigenvalue weighted by Gasteiger charge is 2.27. The van der Waals surface area contributed by atoms with Crippen molar-refractivity contribution >= 4 is 35.2 Å². The van der Waals surface area contributed by atoms with E-state index in [4.69, 9.17) is 10.5 Å². The van der Waals surface area contributed by atoms with Gasteiger partial charge in [-0.2, -0.15) is 18.3 Å². The van der Waals surface area contributed by atoms with Gasteiger partial charge in [-0.25, -0.2) is 9.37 Å². The molecule has 5 N–H and O–H groups in total. The Morgan fingerprint density at radius 1 is 1.11 bits per heavy atom. The first-order chi connectivity index (χ1) is 17.7. The van der Waals surface area contributed by atoms with Gasteiger partial charge in [-0.15, -0.1) is 0 Å². The number of aromatic amines is 1. The molecule has 0 aliphatic carbocycles. The highest BCUT2D eigenvalue weighted by molar-refractivity contribution is 8.00. The third-order valence-corrected chi connectivity index (χ3v) is 5.75. The van der Waals surface area contributed by atoms with Crippen molar-refractivity contribution in [3.05, 3.63) is 83.8 Å². The molecule has 4 rings (SSSR count). The predicted molar refractivity (Wildman–Crippen MR) is 133 cm³/mol. The maximum absolute atomic E-state index is 13.2. The number of hydrogen-bond donors (Lipinski definition) is 4. The number of amides is 1. The molecule has 0 saturated heterocycles. The lowest BCUT2D eigenvalue weighted by Crippen LogP contribution is -2.13. The Morgan fingerprint density at radius 3 is 2.57 bits per heavy atom. The number of nitrogens with zero attached hydrogens (tertiary/aromatic N) is 2. The van der Waals surface area contributed by atoms with E-state index in [-0.39, 0.29) is 35.1 Å². The highest BCUT2D eigenvalue weighted by atomic mass is 32.2. The fraction of sp³-hybridized carbons (Fsp3) is 0.125. The van der Waals surface area contributed by atoms with E-state index in [9.17, 15) is 22.4 Å². The molecule has 1 amide bonds. The van der Waals surface area contributed by atoms with Gasteiger partial charge in [0.1, 0.15) is 46.8 Å². The third-order valence-electron chi connectivity index (χ3n) is 4.91. The van der Waals surface area contributed by atoms with Gasteiger partial charge >= 0.3 is 6.18 Å². The number of halogens is 4. The minimum Gasteiger partial charge on any atom is -0.487 e. The summed E-state index contributed by atoms with van der Waals surface area (Å²) in [4.78, 5) is 16.5. The predicted octanol–water partition coefficient (Wildman–Crippen LogP) is 5.65. The van der Waals surface area contributed by atoms with Gasteiger partial charge in [-0.1, -0.05) is 24.3 Å². The summed E-state index contributed by atoms with van der Waals surface area (Å²) < 4.78 is 59.6. The van der Waals surface area contributed by atoms with Crippen molar-refractivity contribution in [2.45, 2.75) is 12.8 Å². The largest absolute Gasteiger partial charge is 0.487 e. The Bertz CT molecular complexity index is 1360. The molecular formula is C24H20F4N6O2S. The molecule has 8 nitrogen and oxygen atoms in total. The lowest BCUT2D eigenvalue weighted by atomic mass is 10.1. The van der Waals surface area contributed by atoms with E-state index in [1.165, 1.54) is 36.4 Å². The van der Waals surface area contributed by atoms with E-state index in [1.807, 2.05) is 0 Å². The smallest absolute Gasteiger partial charge is 0.399 e. The molecule has 2 aromatic carbocycles. The van der Waals surface area contributed by atoms with Crippen molar-refractivity contribution in [1.82, 2.24) is 15.2 Å². The number of anilines is 3. The summed E-state index contributed by atoms with van der Waals surface area (Å²) in [5, 5.41) is 9.89. The quantitative estimate of drug-likeness (QED) is 0.154. The van der Waals surface area contributed by atoms with E-state index >= 15 is 0 Å². The minimum atomic E-state index is -4.37. The Kier molecular flexibility index (Phi) is 7.82. The molecule has 0 bridgehead atoms. The number of hydrogen-bond acceptors (Lipinski definition) is 7. The van der Waals surface area contributed by atoms with Crippen LogP contribution >= 0.6 is 11.9 Å². The minimum absolute atomic E-state index is 0.0120. The van der Waals surface area contributed by atoms with Gasteiger partial charge in [0.05, 0.1) is 5.69 Å². The number of carbonyl (C=O) groups is 1. The standard InChI is InChI=1S/C24H20F4N6O2S/c25-16-7-4-14(5-8-16)12-36-18-11-15(6-9-17(18)34-37-13-24(26,27)28)21-20(22(29)35)23(33-32-21)31-19-3-1-2-10-30-19/h1-11,34H,12-13H2,(H2,29,35)(H2,30,31,32,33). The van der Waals surface area contributed by atoms with Gasteiger partial charge in [-0.3, -0.25) is 9.89 Å². The molecule has 0 aliphatic heterocycles. The number of ether oxygens (including phenoxy) is 1. The second-order valence-corrected chi connectivity index (χ2v) is 8.44. The van der Waals surface area contributed by atoms with Crippen molar-refractivity contribution in [3.63, 3.8) is 0 Å². The average molecular weight is 533 g/mol. The summed E-state index contributed by atoms with van der Waals surface area (Å²) in [5.41, 5.74) is 7.21. The molecule has 4 aromatic rings. The molecule has 0 radical (unpaired) electrons. The Balaban J connectivity index is 1.64. The number of nitrogens with one attached hydrogen (secondary N) is 3. The van der Waals surface area contributed by atoms with Crippen LogP contribution in [-0.4, -0.2) is 33.0 Å². The van der Waals surface area contributed by atoms with Crippen LogP contribution in [0.1, 0.15) is 15.9 Å². The lowest BCUT2D eigenvalue weighted by molar-refractivity contribution is -0.105. The summed E-state index contributed by atoms with van der Waals surface area (Å²) in [7, 11) is 0. The molecule has 37 heavy (non-hydrogen) atoms. The van der Waals surface area contributed by atoms with Crippen molar-refractivity contribution in [2.24, 2.45) is 5.73 Å². The first-order valence-electron chi connectivity index (χ1n) is 10.7. The molecule has 0 spiro atoms. The Hall–Kier alpha value is -4.26. The molecule has 0 unspecified atom stereocenters. The number of nitrogens with two attached hydrogens (primary N) is 1. The summed E-state index contributed by atoms with van der Waals surface area (Å²) >= 11 is 0.449. The fourth-order valence-electron chi connectivity index (χ4n) is 3.26. The van der Waals surface area contributed by atoms with E-state index in [2.05, 4.69) is 25.2 Å². The number of pyridine rings is 1. The molecule has 2 aromatic heterocycles. The number of primary amides is 1. The van der Waals surface area contributed by atoms with E-state index in [0.29, 0.717) is 28.9 Å². The zero-order valence-electron chi connectivity index (χ0n) is 19.0. The van der Waals surface area contributed by atoms with E-state index in [0.717, 1.165) is 0 Å². The highest BCUT2D eigenvalue weighted by Crippen LogP contribution is 2.36. The van der Waals surface area contributed by atoms with Crippen molar-refractivity contribution in [2.75, 3.05) is 15.8 Å². The number of aromatic nitrogens is 3. The first-order valence-corrected chi connectivity index (χ1v) is 11.7. The third kappa shape index (κ3) is 6.91. The summed E-state index contributed by atoms with van der Waals surface area (Å²) in [6, 6.07) is 15.4. The fourth-order valence-corrected chi connectivity index (χ4v) is 3.82. The number of alkyl halides is 3. The Labute approximate surface area is 212 Å². The van der Waals surface area contributed by atoms with E-state index in [1.54, 1.807) is 30.5 Å². The van der Waals surface area contributed by atoms with Crippen LogP contribution in [0.3, 0.4) is 0 Å². The van der Waals surface area contributed by atoms with Crippen LogP contribution in [-0.2, 0) is 6.61 Å². The lowest BCUT2D eigenvalue weighted by Gasteiger charge is -2.15. The molecule has 0 saturated carbocycles. The normalized spacial score (nSPS) is 11.2. The SMILES string of the molecule is NC(=O)c1c(-c2ccc(NSCC(F)(F)F)c(OCc3ccc(F)cc3)c2)n[nH]c1Nc1ccccn1. The van der Waals surface area contributed by atoms with Crippen LogP contribution in [0.2, 0.25) is 0 Å². The number of H-pyrrole nitrogens is 1. The molecule has 0 fully saturated rings. The van der Waals surface area contributed by atoms with Crippen LogP contribution in [0, 0.1) is 5.82 Å². The van der Waals surface area contributed by atoms with Crippen LogP contribution < -0.4 is 20.5 Å². The first kappa shape index (κ1) is 25.8. The summed E-state index contributed by atoms with van der Waals surface area (Å²) in [5.74, 6) is -1.44. The molecular weight excluding hydrogens is 512 g/mol. The topological polar surface area (TPSA) is 118 Å². The number of carbonyl (C=O) groups excluding carboxylic acids is 1. The maximum Gasteiger partial charge on any atom is 0.399 e. The van der Waals surface area contributed by atoms with Gasteiger partial charge < -0.3 is 20.5 Å². The van der Waals surface area contributed by atoms with Crippen molar-refractivity contribution in [1.29, 1.82) is 0 Å². The van der Waals surface area contributed by atoms with Gasteiger partial charge in [-0.05, 0) is 53.9 Å². The molecule has 2 heterocycles. The van der Waals surface area contributed by atoms with Gasteiger partial charge in [0.25, 0.3) is 5.91 Å². The zero-order valence-corrected chi connectivity index (χ0v) is 19.8. The van der Waals surface area contributed by atoms with Crippen LogP contribution in [0.5, 0.6) is 5.75 Å². The Morgan fingerprint density at radius 2 is 1.89 bits per heavy atom. The molecule has 0 atom stereocenters. The van der Waals surface area contributed by atoms with Gasteiger partial charge in [0.15, 0.2) is 0 Å². The molecule has 192 valence electrons. The second kappa shape index (κ2) is 11.2.